The summed E-state index contributed by atoms with van der Waals surface area (Å²) in [7, 11) is 0. The third-order valence-corrected chi connectivity index (χ3v) is 11.5. The van der Waals surface area contributed by atoms with Crippen LogP contribution in [-0.4, -0.2) is 37.9 Å². The van der Waals surface area contributed by atoms with Crippen LogP contribution in [0.5, 0.6) is 0 Å². The Hall–Kier alpha value is -3.70. The van der Waals surface area contributed by atoms with Gasteiger partial charge in [0.25, 0.3) is 0 Å². The maximum absolute atomic E-state index is 12.8. The first-order valence-corrected chi connectivity index (χ1v) is 28.1. The van der Waals surface area contributed by atoms with Crippen LogP contribution in [-0.2, 0) is 23.8 Å². The summed E-state index contributed by atoms with van der Waals surface area (Å²) >= 11 is 0. The molecular weight excluding hydrogens is 837 g/mol. The molecule has 0 aliphatic carbocycles. The number of allylic oxidation sites excluding steroid dienone is 20. The number of rotatable bonds is 50. The van der Waals surface area contributed by atoms with Crippen molar-refractivity contribution in [3.63, 3.8) is 0 Å². The lowest BCUT2D eigenvalue weighted by molar-refractivity contribution is -0.163. The van der Waals surface area contributed by atoms with Crippen LogP contribution in [0.3, 0.4) is 0 Å². The van der Waals surface area contributed by atoms with Crippen molar-refractivity contribution in [1.82, 2.24) is 0 Å². The Labute approximate surface area is 420 Å². The molecule has 0 aromatic carbocycles. The van der Waals surface area contributed by atoms with Gasteiger partial charge in [0.15, 0.2) is 6.10 Å². The number of ether oxygens (including phenoxy) is 3. The van der Waals surface area contributed by atoms with E-state index in [1.54, 1.807) is 0 Å². The molecule has 0 heterocycles. The Morgan fingerprint density at radius 1 is 0.338 bits per heavy atom. The van der Waals surface area contributed by atoms with E-state index in [-0.39, 0.29) is 25.2 Å². The third kappa shape index (κ3) is 54.9. The predicted molar refractivity (Wildman–Crippen MR) is 297 cm³/mol. The summed E-state index contributed by atoms with van der Waals surface area (Å²) in [5, 5.41) is 0. The Balaban J connectivity index is 4.42. The molecule has 0 amide bonds. The molecule has 0 spiro atoms. The fraction of sp³-hybridized carbons (Fsp3) is 0.651. The van der Waals surface area contributed by atoms with Gasteiger partial charge in [-0.1, -0.05) is 219 Å². The Bertz CT molecular complexity index is 1390. The molecule has 1 atom stereocenters. The first-order chi connectivity index (χ1) is 33.6. The van der Waals surface area contributed by atoms with Crippen molar-refractivity contribution in [2.45, 2.75) is 245 Å². The molecule has 0 rings (SSSR count). The molecule has 0 aliphatic rings. The molecule has 5 nitrogen and oxygen atoms in total. The van der Waals surface area contributed by atoms with E-state index < -0.39 is 6.10 Å². The molecule has 386 valence electrons. The third-order valence-electron chi connectivity index (χ3n) is 11.5. The largest absolute Gasteiger partial charge is 0.462 e. The van der Waals surface area contributed by atoms with Crippen molar-refractivity contribution >= 4 is 11.9 Å². The average Bonchev–Trinajstić information content (AvgIpc) is 3.34. The van der Waals surface area contributed by atoms with Crippen LogP contribution < -0.4 is 0 Å². The van der Waals surface area contributed by atoms with E-state index in [4.69, 9.17) is 14.2 Å². The molecule has 0 saturated heterocycles. The van der Waals surface area contributed by atoms with Crippen LogP contribution in [0.1, 0.15) is 239 Å². The van der Waals surface area contributed by atoms with Crippen molar-refractivity contribution in [3.05, 3.63) is 122 Å². The minimum Gasteiger partial charge on any atom is -0.462 e. The lowest BCUT2D eigenvalue weighted by Gasteiger charge is -2.18. The first-order valence-electron chi connectivity index (χ1n) is 28.1. The van der Waals surface area contributed by atoms with Crippen molar-refractivity contribution < 1.29 is 23.8 Å². The van der Waals surface area contributed by atoms with Gasteiger partial charge >= 0.3 is 11.9 Å². The zero-order valence-corrected chi connectivity index (χ0v) is 44.3. The van der Waals surface area contributed by atoms with E-state index in [0.717, 1.165) is 128 Å². The van der Waals surface area contributed by atoms with Gasteiger partial charge < -0.3 is 14.2 Å². The van der Waals surface area contributed by atoms with E-state index in [0.29, 0.717) is 19.4 Å². The second-order valence-corrected chi connectivity index (χ2v) is 18.1. The molecular formula is C63H104O5. The molecule has 0 saturated carbocycles. The molecule has 0 bridgehead atoms. The van der Waals surface area contributed by atoms with Crippen LogP contribution in [0.25, 0.3) is 0 Å². The number of hydrogen-bond donors (Lipinski definition) is 0. The van der Waals surface area contributed by atoms with Crippen LogP contribution >= 0.6 is 0 Å². The average molecular weight is 942 g/mol. The fourth-order valence-corrected chi connectivity index (χ4v) is 7.34. The SMILES string of the molecule is CC/C=C\C/C=C\C/C=C\C/C=C\C/C=C\CCCCCC(=O)OCC(COCCCCCCCC/C=C\CCCCCCCC)OC(=O)CCCCCC/C=C\C/C=C\C/C=C\C/C=C\CC. The molecule has 0 aromatic rings. The minimum atomic E-state index is -0.575. The molecule has 0 radical (unpaired) electrons. The quantitative estimate of drug-likeness (QED) is 0.0345. The second-order valence-electron chi connectivity index (χ2n) is 18.1. The summed E-state index contributed by atoms with van der Waals surface area (Å²) in [6.07, 6.45) is 80.7. The number of carbonyl (C=O) groups excluding carboxylic acids is 2. The fourth-order valence-electron chi connectivity index (χ4n) is 7.34. The van der Waals surface area contributed by atoms with Gasteiger partial charge in [0, 0.05) is 19.4 Å². The van der Waals surface area contributed by atoms with Gasteiger partial charge in [-0.05, 0) is 128 Å². The van der Waals surface area contributed by atoms with E-state index in [1.165, 1.54) is 77.0 Å². The molecule has 68 heavy (non-hydrogen) atoms. The van der Waals surface area contributed by atoms with Gasteiger partial charge in [0.05, 0.1) is 6.61 Å². The summed E-state index contributed by atoms with van der Waals surface area (Å²) in [6.45, 7) is 7.52. The predicted octanol–water partition coefficient (Wildman–Crippen LogP) is 19.3. The van der Waals surface area contributed by atoms with E-state index >= 15 is 0 Å². The van der Waals surface area contributed by atoms with Crippen LogP contribution in [0.15, 0.2) is 122 Å². The van der Waals surface area contributed by atoms with Crippen molar-refractivity contribution in [1.29, 1.82) is 0 Å². The number of unbranched alkanes of at least 4 members (excludes halogenated alkanes) is 19. The molecule has 0 aromatic heterocycles. The number of carbonyl (C=O) groups is 2. The normalized spacial score (nSPS) is 13.2. The van der Waals surface area contributed by atoms with Gasteiger partial charge in [-0.25, -0.2) is 0 Å². The molecule has 1 unspecified atom stereocenters. The Morgan fingerprint density at radius 3 is 1.09 bits per heavy atom. The highest BCUT2D eigenvalue weighted by molar-refractivity contribution is 5.70. The lowest BCUT2D eigenvalue weighted by Crippen LogP contribution is -2.30. The minimum absolute atomic E-state index is 0.0485. The van der Waals surface area contributed by atoms with Gasteiger partial charge in [-0.2, -0.15) is 0 Å². The van der Waals surface area contributed by atoms with Crippen molar-refractivity contribution in [2.75, 3.05) is 19.8 Å². The van der Waals surface area contributed by atoms with Gasteiger partial charge in [-0.15, -0.1) is 0 Å². The molecule has 5 heteroatoms. The zero-order valence-electron chi connectivity index (χ0n) is 44.3. The van der Waals surface area contributed by atoms with Crippen LogP contribution in [0, 0.1) is 0 Å². The number of esters is 2. The van der Waals surface area contributed by atoms with E-state index in [1.807, 2.05) is 0 Å². The topological polar surface area (TPSA) is 61.8 Å². The molecule has 0 N–H and O–H groups in total. The van der Waals surface area contributed by atoms with Crippen LogP contribution in [0.2, 0.25) is 0 Å². The maximum Gasteiger partial charge on any atom is 0.306 e. The maximum atomic E-state index is 12.8. The van der Waals surface area contributed by atoms with Gasteiger partial charge in [0.1, 0.15) is 6.61 Å². The summed E-state index contributed by atoms with van der Waals surface area (Å²) < 4.78 is 17.4. The number of hydrogen-bond acceptors (Lipinski definition) is 5. The smallest absolute Gasteiger partial charge is 0.306 e. The second kappa shape index (κ2) is 57.6. The Kier molecular flexibility index (Phi) is 54.5. The first kappa shape index (κ1) is 64.3. The summed E-state index contributed by atoms with van der Waals surface area (Å²) in [6, 6.07) is 0. The summed E-state index contributed by atoms with van der Waals surface area (Å²) in [5.74, 6) is -0.469. The molecule has 0 aliphatic heterocycles. The standard InChI is InChI=1S/C63H104O5/c1-4-7-10-13-16-19-22-25-28-31-32-34-35-38-41-44-47-50-53-56-62(64)67-60-61(59-66-58-55-52-49-46-43-40-37-30-27-24-21-18-15-12-9-6-3)68-63(65)57-54-51-48-45-42-39-36-33-29-26-23-20-17-14-11-8-5-2/h7-8,10-11,16-17,19-20,25-30,32,34,36,38-39,41,61H,4-6,9,12-15,18,21-24,31,33,35,37,40,42-60H2,1-3H3/b10-7-,11-8-,19-16-,20-17-,28-25-,29-26-,30-27-,34-32-,39-36-,41-38-. The molecule has 0 fully saturated rings. The highest BCUT2D eigenvalue weighted by Crippen LogP contribution is 2.13. The van der Waals surface area contributed by atoms with E-state index in [9.17, 15) is 9.59 Å². The van der Waals surface area contributed by atoms with Crippen molar-refractivity contribution in [3.8, 4) is 0 Å². The highest BCUT2D eigenvalue weighted by Gasteiger charge is 2.17. The van der Waals surface area contributed by atoms with Crippen LogP contribution in [0.4, 0.5) is 0 Å². The highest BCUT2D eigenvalue weighted by atomic mass is 16.6. The van der Waals surface area contributed by atoms with Gasteiger partial charge in [-0.3, -0.25) is 9.59 Å². The lowest BCUT2D eigenvalue weighted by atomic mass is 10.1. The van der Waals surface area contributed by atoms with E-state index in [2.05, 4.69) is 142 Å². The zero-order chi connectivity index (χ0) is 49.2. The monoisotopic (exact) mass is 941 g/mol. The van der Waals surface area contributed by atoms with Crippen molar-refractivity contribution in [2.24, 2.45) is 0 Å². The van der Waals surface area contributed by atoms with Gasteiger partial charge in [0.2, 0.25) is 0 Å². The summed E-state index contributed by atoms with van der Waals surface area (Å²) in [5.41, 5.74) is 0. The summed E-state index contributed by atoms with van der Waals surface area (Å²) in [4.78, 5) is 25.5. The Morgan fingerprint density at radius 2 is 0.662 bits per heavy atom.